The van der Waals surface area contributed by atoms with Crippen LogP contribution in [0.3, 0.4) is 0 Å². The zero-order valence-corrected chi connectivity index (χ0v) is 9.81. The van der Waals surface area contributed by atoms with Gasteiger partial charge < -0.3 is 10.6 Å². The Balaban J connectivity index is 2.14. The summed E-state index contributed by atoms with van der Waals surface area (Å²) in [5, 5.41) is 6.99. The van der Waals surface area contributed by atoms with E-state index in [1.54, 1.807) is 0 Å². The first-order valence-corrected chi connectivity index (χ1v) is 5.65. The van der Waals surface area contributed by atoms with Crippen LogP contribution in [-0.4, -0.2) is 23.2 Å². The molecule has 0 aliphatic heterocycles. The lowest BCUT2D eigenvalue weighted by Gasteiger charge is -2.08. The predicted octanol–water partition coefficient (Wildman–Crippen LogP) is 1.50. The average Bonchev–Trinajstić information content (AvgIpc) is 2.28. The Bertz CT molecular complexity index is 287. The molecule has 0 amide bonds. The molecule has 1 rings (SSSR count). The van der Waals surface area contributed by atoms with E-state index < -0.39 is 0 Å². The molecule has 0 spiro atoms. The molecule has 2 N–H and O–H groups in total. The van der Waals surface area contributed by atoms with Gasteiger partial charge in [-0.1, -0.05) is 13.0 Å². The molecule has 0 unspecified atom stereocenters. The van der Waals surface area contributed by atoms with Gasteiger partial charge in [-0.05, 0) is 30.8 Å². The minimum absolute atomic E-state index is 0.729. The smallest absolute Gasteiger partial charge is 0.166 e. The number of thiocarbonyl (C=S) groups is 1. The molecule has 1 heterocycles. The van der Waals surface area contributed by atoms with Crippen molar-refractivity contribution in [1.29, 1.82) is 0 Å². The van der Waals surface area contributed by atoms with Crippen LogP contribution in [-0.2, 0) is 6.42 Å². The van der Waals surface area contributed by atoms with Crippen LogP contribution in [0.2, 0.25) is 0 Å². The molecule has 15 heavy (non-hydrogen) atoms. The third kappa shape index (κ3) is 5.32. The fourth-order valence-electron chi connectivity index (χ4n) is 1.15. The molecule has 0 aliphatic rings. The lowest BCUT2D eigenvalue weighted by atomic mass is 10.3. The number of hydrogen-bond donors (Lipinski definition) is 2. The van der Waals surface area contributed by atoms with E-state index in [0.717, 1.165) is 36.7 Å². The van der Waals surface area contributed by atoms with Gasteiger partial charge in [-0.2, -0.15) is 0 Å². The van der Waals surface area contributed by atoms with Crippen LogP contribution in [0.5, 0.6) is 0 Å². The topological polar surface area (TPSA) is 37.0 Å². The Labute approximate surface area is 96.3 Å². The highest BCUT2D eigenvalue weighted by atomic mass is 32.1. The summed E-state index contributed by atoms with van der Waals surface area (Å²) in [5.74, 6) is 0. The number of hydrogen-bond acceptors (Lipinski definition) is 2. The van der Waals surface area contributed by atoms with Crippen LogP contribution in [0.4, 0.5) is 0 Å². The van der Waals surface area contributed by atoms with E-state index in [2.05, 4.69) is 22.5 Å². The standard InChI is InChI=1S/C11H17N3S/c1-2-7-13-11(15)14-9-6-10-5-3-4-8-12-10/h3-5,8H,2,6-7,9H2,1H3,(H2,13,14,15). The van der Waals surface area contributed by atoms with E-state index >= 15 is 0 Å². The quantitative estimate of drug-likeness (QED) is 0.742. The van der Waals surface area contributed by atoms with Gasteiger partial charge in [-0.3, -0.25) is 4.98 Å². The van der Waals surface area contributed by atoms with Crippen molar-refractivity contribution >= 4 is 17.3 Å². The first-order chi connectivity index (χ1) is 7.33. The fourth-order valence-corrected chi connectivity index (χ4v) is 1.36. The Morgan fingerprint density at radius 2 is 2.13 bits per heavy atom. The van der Waals surface area contributed by atoms with Gasteiger partial charge in [0.25, 0.3) is 0 Å². The molecule has 82 valence electrons. The summed E-state index contributed by atoms with van der Waals surface area (Å²) in [4.78, 5) is 4.23. The van der Waals surface area contributed by atoms with E-state index in [9.17, 15) is 0 Å². The lowest BCUT2D eigenvalue weighted by Crippen LogP contribution is -2.36. The normalized spacial score (nSPS) is 9.67. The first-order valence-electron chi connectivity index (χ1n) is 5.24. The summed E-state index contributed by atoms with van der Waals surface area (Å²) in [6.45, 7) is 3.87. The Kier molecular flexibility index (Phi) is 5.70. The summed E-state index contributed by atoms with van der Waals surface area (Å²) < 4.78 is 0. The third-order valence-corrected chi connectivity index (χ3v) is 2.22. The molecule has 0 radical (unpaired) electrons. The summed E-state index contributed by atoms with van der Waals surface area (Å²) in [7, 11) is 0. The van der Waals surface area contributed by atoms with Crippen LogP contribution in [0, 0.1) is 0 Å². The Morgan fingerprint density at radius 1 is 1.33 bits per heavy atom. The van der Waals surface area contributed by atoms with Crippen LogP contribution in [0.1, 0.15) is 19.0 Å². The van der Waals surface area contributed by atoms with E-state index in [4.69, 9.17) is 12.2 Å². The van der Waals surface area contributed by atoms with Crippen molar-refractivity contribution in [2.45, 2.75) is 19.8 Å². The van der Waals surface area contributed by atoms with Crippen molar-refractivity contribution in [1.82, 2.24) is 15.6 Å². The largest absolute Gasteiger partial charge is 0.363 e. The highest BCUT2D eigenvalue weighted by Crippen LogP contribution is 1.92. The minimum Gasteiger partial charge on any atom is -0.363 e. The molecule has 3 nitrogen and oxygen atoms in total. The molecule has 0 fully saturated rings. The van der Waals surface area contributed by atoms with E-state index in [-0.39, 0.29) is 0 Å². The molecule has 1 aromatic heterocycles. The van der Waals surface area contributed by atoms with Crippen molar-refractivity contribution in [3.8, 4) is 0 Å². The maximum atomic E-state index is 5.09. The average molecular weight is 223 g/mol. The second kappa shape index (κ2) is 7.17. The number of nitrogens with one attached hydrogen (secondary N) is 2. The van der Waals surface area contributed by atoms with Gasteiger partial charge in [0.2, 0.25) is 0 Å². The number of nitrogens with zero attached hydrogens (tertiary/aromatic N) is 1. The van der Waals surface area contributed by atoms with Crippen molar-refractivity contribution in [2.24, 2.45) is 0 Å². The molecular formula is C11H17N3S. The van der Waals surface area contributed by atoms with Crippen LogP contribution in [0.15, 0.2) is 24.4 Å². The summed E-state index contributed by atoms with van der Waals surface area (Å²) >= 11 is 5.09. The zero-order valence-electron chi connectivity index (χ0n) is 8.99. The van der Waals surface area contributed by atoms with Crippen molar-refractivity contribution in [2.75, 3.05) is 13.1 Å². The third-order valence-electron chi connectivity index (χ3n) is 1.93. The molecule has 0 bridgehead atoms. The molecule has 0 aromatic carbocycles. The highest BCUT2D eigenvalue weighted by molar-refractivity contribution is 7.80. The zero-order chi connectivity index (χ0) is 10.9. The molecular weight excluding hydrogens is 206 g/mol. The van der Waals surface area contributed by atoms with Crippen LogP contribution < -0.4 is 10.6 Å². The monoisotopic (exact) mass is 223 g/mol. The first kappa shape index (κ1) is 11.9. The Morgan fingerprint density at radius 3 is 2.80 bits per heavy atom. The van der Waals surface area contributed by atoms with E-state index in [1.165, 1.54) is 0 Å². The van der Waals surface area contributed by atoms with Crippen LogP contribution in [0.25, 0.3) is 0 Å². The molecule has 0 aliphatic carbocycles. The van der Waals surface area contributed by atoms with Crippen molar-refractivity contribution in [3.63, 3.8) is 0 Å². The van der Waals surface area contributed by atoms with E-state index in [0.29, 0.717) is 0 Å². The van der Waals surface area contributed by atoms with Gasteiger partial charge in [-0.25, -0.2) is 0 Å². The summed E-state index contributed by atoms with van der Waals surface area (Å²) in [5.41, 5.74) is 1.09. The maximum absolute atomic E-state index is 5.09. The van der Waals surface area contributed by atoms with Gasteiger partial charge in [0.1, 0.15) is 0 Å². The number of pyridine rings is 1. The maximum Gasteiger partial charge on any atom is 0.166 e. The van der Waals surface area contributed by atoms with Gasteiger partial charge in [-0.15, -0.1) is 0 Å². The number of aromatic nitrogens is 1. The molecule has 1 aromatic rings. The summed E-state index contributed by atoms with van der Waals surface area (Å²) in [6.07, 6.45) is 3.79. The molecule has 0 atom stereocenters. The number of rotatable bonds is 5. The molecule has 4 heteroatoms. The Hall–Kier alpha value is -1.16. The molecule has 0 saturated carbocycles. The van der Waals surface area contributed by atoms with Crippen LogP contribution >= 0.6 is 12.2 Å². The van der Waals surface area contributed by atoms with Gasteiger partial charge in [0.05, 0.1) is 0 Å². The minimum atomic E-state index is 0.729. The fraction of sp³-hybridized carbons (Fsp3) is 0.455. The SMILES string of the molecule is CCCNC(=S)NCCc1ccccn1. The predicted molar refractivity (Wildman–Crippen MR) is 66.8 cm³/mol. The highest BCUT2D eigenvalue weighted by Gasteiger charge is 1.95. The van der Waals surface area contributed by atoms with Gasteiger partial charge in [0, 0.05) is 31.4 Å². The van der Waals surface area contributed by atoms with Gasteiger partial charge >= 0.3 is 0 Å². The summed E-state index contributed by atoms with van der Waals surface area (Å²) in [6, 6.07) is 5.94. The van der Waals surface area contributed by atoms with Crippen molar-refractivity contribution < 1.29 is 0 Å². The lowest BCUT2D eigenvalue weighted by molar-refractivity contribution is 0.783. The van der Waals surface area contributed by atoms with Crippen molar-refractivity contribution in [3.05, 3.63) is 30.1 Å². The van der Waals surface area contributed by atoms with Gasteiger partial charge in [0.15, 0.2) is 5.11 Å². The second-order valence-electron chi connectivity index (χ2n) is 3.25. The molecule has 0 saturated heterocycles. The van der Waals surface area contributed by atoms with E-state index in [1.807, 2.05) is 24.4 Å². The second-order valence-corrected chi connectivity index (χ2v) is 3.66.